The third kappa shape index (κ3) is 177. The van der Waals surface area contributed by atoms with Gasteiger partial charge in [-0.15, -0.1) is 0 Å². The zero-order chi connectivity index (χ0) is 4.50. The Morgan fingerprint density at radius 2 is 1.14 bits per heavy atom. The summed E-state index contributed by atoms with van der Waals surface area (Å²) >= 11 is 0. The summed E-state index contributed by atoms with van der Waals surface area (Å²) in [4.78, 5) is 21.6. The second-order valence-electron chi connectivity index (χ2n) is 0.513. The van der Waals surface area contributed by atoms with Crippen molar-refractivity contribution in [1.82, 2.24) is 0 Å². The molecule has 0 heterocycles. The molecule has 0 bridgehead atoms. The van der Waals surface area contributed by atoms with Crippen LogP contribution >= 0.6 is 7.82 Å². The van der Waals surface area contributed by atoms with E-state index in [1.165, 1.54) is 0 Å². The summed E-state index contributed by atoms with van der Waals surface area (Å²) in [7, 11) is -4.64. The van der Waals surface area contributed by atoms with Crippen LogP contribution in [-0.2, 0) is 4.57 Å². The van der Waals surface area contributed by atoms with Crippen LogP contribution in [0.2, 0.25) is 0 Å². The van der Waals surface area contributed by atoms with E-state index >= 15 is 0 Å². The Kier molecular flexibility index (Phi) is 11.5. The van der Waals surface area contributed by atoms with Crippen LogP contribution in [0.15, 0.2) is 0 Å². The van der Waals surface area contributed by atoms with Crippen LogP contribution in [0, 0.1) is 0 Å². The summed E-state index contributed by atoms with van der Waals surface area (Å²) in [6.07, 6.45) is 0. The molecule has 5 nitrogen and oxygen atoms in total. The fourth-order valence-corrected chi connectivity index (χ4v) is 0. The molecule has 0 unspecified atom stereocenters. The van der Waals surface area contributed by atoms with E-state index in [9.17, 15) is 0 Å². The summed E-state index contributed by atoms with van der Waals surface area (Å²) in [5.41, 5.74) is 0. The van der Waals surface area contributed by atoms with Crippen LogP contribution in [0.1, 0.15) is 0 Å². The predicted octanol–water partition coefficient (Wildman–Crippen LogP) is -2.13. The summed E-state index contributed by atoms with van der Waals surface area (Å²) in [6, 6.07) is 0. The van der Waals surface area contributed by atoms with Gasteiger partial charge in [-0.3, -0.25) is 0 Å². The van der Waals surface area contributed by atoms with Gasteiger partial charge in [-0.1, -0.05) is 0 Å². The first-order valence-electron chi connectivity index (χ1n) is 0.783. The second-order valence-corrected chi connectivity index (χ2v) is 1.54. The van der Waals surface area contributed by atoms with E-state index in [4.69, 9.17) is 19.2 Å². The molecule has 0 saturated heterocycles. The summed E-state index contributed by atoms with van der Waals surface area (Å²) < 4.78 is 8.88. The fourth-order valence-electron chi connectivity index (χ4n) is 0. The third-order valence-electron chi connectivity index (χ3n) is 0. The normalized spacial score (nSPS) is 8.43. The minimum absolute atomic E-state index is 0. The molecule has 44 valence electrons. The molecule has 7 heteroatoms. The van der Waals surface area contributed by atoms with Crippen molar-refractivity contribution in [1.29, 1.82) is 0 Å². The first-order valence-corrected chi connectivity index (χ1v) is 2.35. The van der Waals surface area contributed by atoms with E-state index in [1.807, 2.05) is 0 Å². The van der Waals surface area contributed by atoms with E-state index in [0.29, 0.717) is 0 Å². The van der Waals surface area contributed by atoms with Gasteiger partial charge in [0.2, 0.25) is 0 Å². The number of hydrogen-bond acceptors (Lipinski definition) is 1. The average molecular weight is 323 g/mol. The number of hydrogen-bond donors (Lipinski definition) is 3. The van der Waals surface area contributed by atoms with E-state index < -0.39 is 7.82 Å². The SMILES string of the molecule is O.O=P(O)(O)O.[Pb]. The zero-order valence-electron chi connectivity index (χ0n) is 3.20. The molecule has 0 aromatic rings. The molecule has 0 atom stereocenters. The number of phosphoric acid groups is 1. The maximum absolute atomic E-state index is 8.88. The molecular weight excluding hydrogens is 318 g/mol. The van der Waals surface area contributed by atoms with Gasteiger partial charge >= 0.3 is 7.82 Å². The van der Waals surface area contributed by atoms with Gasteiger partial charge in [0.1, 0.15) is 0 Å². The van der Waals surface area contributed by atoms with E-state index in [-0.39, 0.29) is 32.8 Å². The van der Waals surface area contributed by atoms with Gasteiger partial charge in [-0.2, -0.15) is 0 Å². The second kappa shape index (κ2) is 5.14. The molecule has 0 aliphatic rings. The van der Waals surface area contributed by atoms with Crippen LogP contribution in [0.4, 0.5) is 0 Å². The molecule has 0 saturated carbocycles. The van der Waals surface area contributed by atoms with Crippen molar-refractivity contribution in [3.05, 3.63) is 0 Å². The van der Waals surface area contributed by atoms with Gasteiger partial charge in [0, 0.05) is 27.3 Å². The quantitative estimate of drug-likeness (QED) is 0.349. The van der Waals surface area contributed by atoms with E-state index in [0.717, 1.165) is 0 Å². The summed E-state index contributed by atoms with van der Waals surface area (Å²) in [6.45, 7) is 0. The molecule has 0 spiro atoms. The summed E-state index contributed by atoms with van der Waals surface area (Å²) in [5, 5.41) is 0. The van der Waals surface area contributed by atoms with Crippen LogP contribution in [0.3, 0.4) is 0 Å². The summed E-state index contributed by atoms with van der Waals surface area (Å²) in [5.74, 6) is 0. The van der Waals surface area contributed by atoms with Crippen molar-refractivity contribution in [2.45, 2.75) is 0 Å². The Labute approximate surface area is 60.1 Å². The van der Waals surface area contributed by atoms with Crippen molar-refractivity contribution in [2.75, 3.05) is 0 Å². The Hall–Kier alpha value is 0.992. The van der Waals surface area contributed by atoms with Crippen molar-refractivity contribution in [3.8, 4) is 0 Å². The third-order valence-corrected chi connectivity index (χ3v) is 0. The van der Waals surface area contributed by atoms with Crippen molar-refractivity contribution in [3.63, 3.8) is 0 Å². The average Bonchev–Trinajstić information content (AvgIpc) is 0.722. The molecule has 7 heavy (non-hydrogen) atoms. The van der Waals surface area contributed by atoms with Gasteiger partial charge in [-0.05, 0) is 0 Å². The van der Waals surface area contributed by atoms with Gasteiger partial charge in [0.05, 0.1) is 0 Å². The largest absolute Gasteiger partial charge is 0.466 e. The molecule has 0 aromatic heterocycles. The Bertz CT molecular complexity index is 54.2. The van der Waals surface area contributed by atoms with Gasteiger partial charge in [0.15, 0.2) is 0 Å². The Morgan fingerprint density at radius 1 is 1.14 bits per heavy atom. The molecule has 0 amide bonds. The van der Waals surface area contributed by atoms with Crippen LogP contribution < -0.4 is 0 Å². The molecule has 0 fully saturated rings. The molecule has 5 N–H and O–H groups in total. The topological polar surface area (TPSA) is 109 Å². The molecule has 0 aliphatic heterocycles. The Balaban J connectivity index is -0.0000000800. The predicted molar refractivity (Wildman–Crippen MR) is 23.6 cm³/mol. The molecule has 0 aromatic carbocycles. The molecule has 4 radical (unpaired) electrons. The zero-order valence-corrected chi connectivity index (χ0v) is 7.98. The van der Waals surface area contributed by atoms with Crippen molar-refractivity contribution < 1.29 is 24.7 Å². The maximum atomic E-state index is 8.88. The van der Waals surface area contributed by atoms with Crippen LogP contribution in [-0.4, -0.2) is 47.5 Å². The van der Waals surface area contributed by atoms with Gasteiger partial charge in [-0.25, -0.2) is 4.57 Å². The van der Waals surface area contributed by atoms with E-state index in [1.54, 1.807) is 0 Å². The van der Waals surface area contributed by atoms with Gasteiger partial charge < -0.3 is 20.2 Å². The fraction of sp³-hybridized carbons (Fsp3) is 0. The van der Waals surface area contributed by atoms with Crippen molar-refractivity contribution in [2.24, 2.45) is 0 Å². The Morgan fingerprint density at radius 3 is 1.14 bits per heavy atom. The van der Waals surface area contributed by atoms with Crippen LogP contribution in [0.25, 0.3) is 0 Å². The minimum Gasteiger partial charge on any atom is -0.412 e. The first kappa shape index (κ1) is 15.7. The van der Waals surface area contributed by atoms with Gasteiger partial charge in [0.25, 0.3) is 0 Å². The van der Waals surface area contributed by atoms with Crippen molar-refractivity contribution >= 4 is 35.1 Å². The molecule has 0 rings (SSSR count). The first-order chi connectivity index (χ1) is 2.00. The molecular formula is H5O5PPb. The monoisotopic (exact) mass is 324 g/mol. The molecule has 0 aliphatic carbocycles. The standard InChI is InChI=1S/H3O4P.H2O.Pb/c1-5(2,3)4;;/h(H3,1,2,3,4);1H2;. The van der Waals surface area contributed by atoms with E-state index in [2.05, 4.69) is 0 Å². The van der Waals surface area contributed by atoms with Crippen LogP contribution in [0.5, 0.6) is 0 Å². The smallest absolute Gasteiger partial charge is 0.412 e. The number of rotatable bonds is 0. The maximum Gasteiger partial charge on any atom is 0.466 e. The minimum atomic E-state index is -4.64.